The summed E-state index contributed by atoms with van der Waals surface area (Å²) in [7, 11) is 0. The van der Waals surface area contributed by atoms with E-state index in [1.165, 1.54) is 17.5 Å². The molecule has 1 heterocycles. The molecule has 0 N–H and O–H groups in total. The summed E-state index contributed by atoms with van der Waals surface area (Å²) in [6, 6.07) is 7.67. The van der Waals surface area contributed by atoms with Gasteiger partial charge in [-0.2, -0.15) is 0 Å². The van der Waals surface area contributed by atoms with Crippen LogP contribution in [0.5, 0.6) is 0 Å². The number of rotatable bonds is 0. The molecule has 2 nitrogen and oxygen atoms in total. The van der Waals surface area contributed by atoms with Gasteiger partial charge in [-0.05, 0) is 29.7 Å². The molecule has 0 fully saturated rings. The summed E-state index contributed by atoms with van der Waals surface area (Å²) in [5, 5.41) is 1.41. The highest BCUT2D eigenvalue weighted by Crippen LogP contribution is 2.33. The second-order valence-corrected chi connectivity index (χ2v) is 3.88. The Morgan fingerprint density at radius 3 is 2.47 bits per heavy atom. The van der Waals surface area contributed by atoms with Crippen molar-refractivity contribution in [2.75, 3.05) is 0 Å². The maximum Gasteiger partial charge on any atom is 0.132 e. The van der Waals surface area contributed by atoms with Gasteiger partial charge in [0.15, 0.2) is 0 Å². The van der Waals surface area contributed by atoms with Crippen LogP contribution in [0.15, 0.2) is 36.8 Å². The predicted octanol–water partition coefficient (Wildman–Crippen LogP) is 3.37. The number of hydrogen-bond acceptors (Lipinski definition) is 2. The minimum absolute atomic E-state index is 0.481. The van der Waals surface area contributed by atoms with Gasteiger partial charge in [0.25, 0.3) is 0 Å². The van der Waals surface area contributed by atoms with Crippen molar-refractivity contribution in [2.45, 2.75) is 6.42 Å². The van der Waals surface area contributed by atoms with Gasteiger partial charge in [0.1, 0.15) is 11.5 Å². The fourth-order valence-corrected chi connectivity index (χ4v) is 1.53. The van der Waals surface area contributed by atoms with Gasteiger partial charge >= 0.3 is 0 Å². The molecule has 15 heavy (non-hydrogen) atoms. The Balaban J connectivity index is 0.000000115. The largest absolute Gasteiger partial charge is 0.245 e. The zero-order chi connectivity index (χ0) is 10.7. The van der Waals surface area contributed by atoms with E-state index in [1.54, 1.807) is 12.3 Å². The second-order valence-electron chi connectivity index (χ2n) is 3.09. The first-order chi connectivity index (χ1) is 7.27. The fourth-order valence-electron chi connectivity index (χ4n) is 1.17. The fraction of sp³-hybridized carbons (Fsp3) is 0.0909. The molecular weight excluding hydrogens is 231 g/mol. The molecule has 0 atom stereocenters. The SMILES string of the molecule is Clc1cccc2c1C2.Clc1ccncn1. The molecule has 0 bridgehead atoms. The monoisotopic (exact) mass is 238 g/mol. The Kier molecular flexibility index (Phi) is 3.19. The highest BCUT2D eigenvalue weighted by molar-refractivity contribution is 6.32. The van der Waals surface area contributed by atoms with E-state index >= 15 is 0 Å². The summed E-state index contributed by atoms with van der Waals surface area (Å²) >= 11 is 11.1. The van der Waals surface area contributed by atoms with Gasteiger partial charge in [0, 0.05) is 11.2 Å². The van der Waals surface area contributed by atoms with E-state index in [0.29, 0.717) is 5.15 Å². The first-order valence-electron chi connectivity index (χ1n) is 4.45. The molecule has 3 rings (SSSR count). The van der Waals surface area contributed by atoms with Gasteiger partial charge in [0.05, 0.1) is 0 Å². The molecule has 1 aliphatic carbocycles. The number of nitrogens with zero attached hydrogens (tertiary/aromatic N) is 2. The molecule has 76 valence electrons. The molecule has 1 aliphatic rings. The number of hydrogen-bond donors (Lipinski definition) is 0. The molecule has 2 aromatic rings. The van der Waals surface area contributed by atoms with Crippen molar-refractivity contribution in [2.24, 2.45) is 0 Å². The van der Waals surface area contributed by atoms with E-state index in [-0.39, 0.29) is 0 Å². The molecule has 1 aromatic heterocycles. The van der Waals surface area contributed by atoms with E-state index in [2.05, 4.69) is 16.0 Å². The lowest BCUT2D eigenvalue weighted by atomic mass is 10.4. The third kappa shape index (κ3) is 2.91. The van der Waals surface area contributed by atoms with Gasteiger partial charge in [-0.3, -0.25) is 0 Å². The lowest BCUT2D eigenvalue weighted by Gasteiger charge is -1.79. The average molecular weight is 239 g/mol. The smallest absolute Gasteiger partial charge is 0.132 e. The van der Waals surface area contributed by atoms with E-state index in [9.17, 15) is 0 Å². The molecule has 4 heteroatoms. The summed E-state index contributed by atoms with van der Waals surface area (Å²) in [5.74, 6) is 0. The van der Waals surface area contributed by atoms with Crippen molar-refractivity contribution >= 4 is 23.2 Å². The van der Waals surface area contributed by atoms with Crippen molar-refractivity contribution in [3.05, 3.63) is 58.1 Å². The number of halogens is 2. The number of fused-ring (bicyclic) bond motifs is 1. The Hall–Kier alpha value is -1.12. The normalized spacial score (nSPS) is 11.1. The summed E-state index contributed by atoms with van der Waals surface area (Å²) < 4.78 is 0. The minimum atomic E-state index is 0.481. The zero-order valence-corrected chi connectivity index (χ0v) is 9.33. The first kappa shape index (κ1) is 10.4. The van der Waals surface area contributed by atoms with Crippen LogP contribution in [0.4, 0.5) is 0 Å². The molecule has 0 spiro atoms. The van der Waals surface area contributed by atoms with Crippen LogP contribution < -0.4 is 0 Å². The van der Waals surface area contributed by atoms with Crippen LogP contribution in [0, 0.1) is 0 Å². The van der Waals surface area contributed by atoms with E-state index in [1.807, 2.05) is 12.1 Å². The van der Waals surface area contributed by atoms with Crippen LogP contribution in [0.25, 0.3) is 0 Å². The first-order valence-corrected chi connectivity index (χ1v) is 5.21. The summed E-state index contributed by atoms with van der Waals surface area (Å²) in [5.41, 5.74) is 2.76. The molecule has 0 amide bonds. The minimum Gasteiger partial charge on any atom is -0.245 e. The van der Waals surface area contributed by atoms with Gasteiger partial charge in [0.2, 0.25) is 0 Å². The van der Waals surface area contributed by atoms with Crippen LogP contribution in [0.1, 0.15) is 11.1 Å². The van der Waals surface area contributed by atoms with Crippen molar-refractivity contribution < 1.29 is 0 Å². The van der Waals surface area contributed by atoms with Gasteiger partial charge in [-0.15, -0.1) is 0 Å². The van der Waals surface area contributed by atoms with Crippen LogP contribution in [0.3, 0.4) is 0 Å². The van der Waals surface area contributed by atoms with Crippen LogP contribution in [-0.2, 0) is 6.42 Å². The zero-order valence-electron chi connectivity index (χ0n) is 7.82. The molecule has 0 unspecified atom stereocenters. The van der Waals surface area contributed by atoms with E-state index < -0.39 is 0 Å². The topological polar surface area (TPSA) is 25.8 Å². The Labute approximate surface area is 97.9 Å². The van der Waals surface area contributed by atoms with Crippen LogP contribution in [-0.4, -0.2) is 9.97 Å². The van der Waals surface area contributed by atoms with Crippen LogP contribution >= 0.6 is 23.2 Å². The van der Waals surface area contributed by atoms with Gasteiger partial charge in [-0.1, -0.05) is 35.3 Å². The predicted molar refractivity (Wildman–Crippen MR) is 61.3 cm³/mol. The summed E-state index contributed by atoms with van der Waals surface area (Å²) in [6.07, 6.45) is 4.11. The third-order valence-electron chi connectivity index (χ3n) is 2.00. The Bertz CT molecular complexity index is 457. The number of aromatic nitrogens is 2. The summed E-state index contributed by atoms with van der Waals surface area (Å²) in [6.45, 7) is 0. The summed E-state index contributed by atoms with van der Waals surface area (Å²) in [4.78, 5) is 7.28. The molecule has 0 saturated heterocycles. The van der Waals surface area contributed by atoms with Crippen molar-refractivity contribution in [1.29, 1.82) is 0 Å². The quantitative estimate of drug-likeness (QED) is 0.562. The molecular formula is C11H8Cl2N2. The number of benzene rings is 1. The standard InChI is InChI=1S/C7H5Cl.C4H3ClN2/c8-7-3-1-2-5-4-6(5)7;5-4-1-2-6-3-7-4/h1-3H,4H2;1-3H. The average Bonchev–Trinajstić information content (AvgIpc) is 3.00. The highest BCUT2D eigenvalue weighted by Gasteiger charge is 2.18. The van der Waals surface area contributed by atoms with Gasteiger partial charge in [-0.25, -0.2) is 9.97 Å². The third-order valence-corrected chi connectivity index (χ3v) is 2.58. The van der Waals surface area contributed by atoms with Gasteiger partial charge < -0.3 is 0 Å². The van der Waals surface area contributed by atoms with Crippen molar-refractivity contribution in [3.63, 3.8) is 0 Å². The second kappa shape index (κ2) is 4.60. The molecule has 1 aromatic carbocycles. The molecule has 0 radical (unpaired) electrons. The maximum absolute atomic E-state index is 5.76. The Morgan fingerprint density at radius 2 is 2.00 bits per heavy atom. The molecule has 0 aliphatic heterocycles. The van der Waals surface area contributed by atoms with Crippen LogP contribution in [0.2, 0.25) is 10.2 Å². The lowest BCUT2D eigenvalue weighted by Crippen LogP contribution is -1.72. The maximum atomic E-state index is 5.76. The van der Waals surface area contributed by atoms with Crippen molar-refractivity contribution in [3.8, 4) is 0 Å². The molecule has 0 saturated carbocycles. The Morgan fingerprint density at radius 1 is 1.13 bits per heavy atom. The van der Waals surface area contributed by atoms with E-state index in [0.717, 1.165) is 11.4 Å². The van der Waals surface area contributed by atoms with E-state index in [4.69, 9.17) is 23.2 Å². The lowest BCUT2D eigenvalue weighted by molar-refractivity contribution is 1.17. The highest BCUT2D eigenvalue weighted by atomic mass is 35.5. The van der Waals surface area contributed by atoms with Crippen molar-refractivity contribution in [1.82, 2.24) is 9.97 Å².